The number of carbonyl (C=O) groups excluding carboxylic acids is 1. The smallest absolute Gasteiger partial charge is 0.290 e. The number of aromatic nitrogens is 3. The van der Waals surface area contributed by atoms with Crippen LogP contribution >= 0.6 is 11.3 Å². The van der Waals surface area contributed by atoms with Crippen molar-refractivity contribution in [2.75, 3.05) is 0 Å². The average Bonchev–Trinajstić information content (AvgIpc) is 3.32. The van der Waals surface area contributed by atoms with Gasteiger partial charge in [-0.1, -0.05) is 25.1 Å². The molecular weight excluding hydrogens is 352 g/mol. The molecule has 3 aromatic rings. The Morgan fingerprint density at radius 3 is 2.92 bits per heavy atom. The maximum atomic E-state index is 12.3. The molecule has 26 heavy (non-hydrogen) atoms. The minimum atomic E-state index is -0.219. The molecule has 1 N–H and O–H groups in total. The third-order valence-corrected chi connectivity index (χ3v) is 5.41. The molecule has 0 atom stereocenters. The van der Waals surface area contributed by atoms with Gasteiger partial charge in [0.05, 0.1) is 4.88 Å². The SMILES string of the molecule is CC(C)c1nnc(C[C@H]2C[C@@H](NC(=O)c3cc(-c4cccs4)no3)C2)o1. The normalized spacial score (nSPS) is 19.5. The molecule has 7 nitrogen and oxygen atoms in total. The van der Waals surface area contributed by atoms with E-state index in [1.807, 2.05) is 31.4 Å². The summed E-state index contributed by atoms with van der Waals surface area (Å²) in [5.41, 5.74) is 0.689. The topological polar surface area (TPSA) is 94.1 Å². The Kier molecular flexibility index (Phi) is 4.58. The Morgan fingerprint density at radius 1 is 1.38 bits per heavy atom. The predicted octanol–water partition coefficient (Wildman–Crippen LogP) is 3.66. The predicted molar refractivity (Wildman–Crippen MR) is 95.9 cm³/mol. The van der Waals surface area contributed by atoms with Crippen LogP contribution in [0.25, 0.3) is 10.6 Å². The molecule has 0 bridgehead atoms. The molecule has 8 heteroatoms. The summed E-state index contributed by atoms with van der Waals surface area (Å²) in [6, 6.07) is 5.72. The number of nitrogens with zero attached hydrogens (tertiary/aromatic N) is 3. The summed E-state index contributed by atoms with van der Waals surface area (Å²) in [5.74, 6) is 2.08. The molecule has 0 aliphatic heterocycles. The van der Waals surface area contributed by atoms with Crippen molar-refractivity contribution in [1.82, 2.24) is 20.7 Å². The van der Waals surface area contributed by atoms with E-state index in [1.54, 1.807) is 17.4 Å². The summed E-state index contributed by atoms with van der Waals surface area (Å²) in [4.78, 5) is 13.3. The number of nitrogens with one attached hydrogen (secondary N) is 1. The number of hydrogen-bond donors (Lipinski definition) is 1. The number of carbonyl (C=O) groups is 1. The lowest BCUT2D eigenvalue weighted by Gasteiger charge is -2.34. The molecule has 3 aromatic heterocycles. The summed E-state index contributed by atoms with van der Waals surface area (Å²) in [5, 5.41) is 17.1. The standard InChI is InChI=1S/C18H20N4O3S/c1-10(2)18-21-20-16(24-18)8-11-6-12(7-11)19-17(23)14-9-13(22-25-14)15-4-3-5-26-15/h3-5,9-12H,6-8H2,1-2H3,(H,19,23)/t11-,12+. The van der Waals surface area contributed by atoms with Crippen molar-refractivity contribution >= 4 is 17.2 Å². The maximum absolute atomic E-state index is 12.3. The fraction of sp³-hybridized carbons (Fsp3) is 0.444. The van der Waals surface area contributed by atoms with Crippen LogP contribution < -0.4 is 5.32 Å². The van der Waals surface area contributed by atoms with E-state index in [9.17, 15) is 4.79 Å². The molecule has 0 aromatic carbocycles. The molecule has 1 saturated carbocycles. The van der Waals surface area contributed by atoms with Gasteiger partial charge in [-0.3, -0.25) is 4.79 Å². The van der Waals surface area contributed by atoms with Gasteiger partial charge in [-0.2, -0.15) is 0 Å². The summed E-state index contributed by atoms with van der Waals surface area (Å²) in [7, 11) is 0. The molecule has 1 fully saturated rings. The highest BCUT2D eigenvalue weighted by molar-refractivity contribution is 7.13. The van der Waals surface area contributed by atoms with Crippen molar-refractivity contribution < 1.29 is 13.7 Å². The van der Waals surface area contributed by atoms with Crippen LogP contribution in [-0.4, -0.2) is 27.3 Å². The number of hydrogen-bond acceptors (Lipinski definition) is 7. The zero-order valence-corrected chi connectivity index (χ0v) is 15.5. The third-order valence-electron chi connectivity index (χ3n) is 4.52. The van der Waals surface area contributed by atoms with Gasteiger partial charge in [0.15, 0.2) is 0 Å². The van der Waals surface area contributed by atoms with Crippen LogP contribution in [0.3, 0.4) is 0 Å². The van der Waals surface area contributed by atoms with Crippen molar-refractivity contribution in [3.05, 3.63) is 41.1 Å². The highest BCUT2D eigenvalue weighted by Crippen LogP contribution is 2.31. The molecule has 0 radical (unpaired) electrons. The van der Waals surface area contributed by atoms with Gasteiger partial charge < -0.3 is 14.3 Å². The van der Waals surface area contributed by atoms with Gasteiger partial charge in [0.25, 0.3) is 5.91 Å². The Labute approximate surface area is 154 Å². The Hall–Kier alpha value is -2.48. The van der Waals surface area contributed by atoms with E-state index in [0.717, 1.165) is 24.1 Å². The van der Waals surface area contributed by atoms with Crippen molar-refractivity contribution in [3.63, 3.8) is 0 Å². The van der Waals surface area contributed by atoms with Crippen LogP contribution in [0.5, 0.6) is 0 Å². The first-order valence-electron chi connectivity index (χ1n) is 8.72. The Balaban J connectivity index is 1.26. The molecule has 3 heterocycles. The molecule has 4 rings (SSSR count). The van der Waals surface area contributed by atoms with E-state index in [0.29, 0.717) is 23.4 Å². The van der Waals surface area contributed by atoms with Crippen LogP contribution in [-0.2, 0) is 6.42 Å². The van der Waals surface area contributed by atoms with E-state index in [4.69, 9.17) is 8.94 Å². The van der Waals surface area contributed by atoms with Crippen molar-refractivity contribution in [1.29, 1.82) is 0 Å². The number of amides is 1. The quantitative estimate of drug-likeness (QED) is 0.710. The first kappa shape index (κ1) is 17.0. The zero-order valence-electron chi connectivity index (χ0n) is 14.6. The number of thiophene rings is 1. The van der Waals surface area contributed by atoms with E-state index in [2.05, 4.69) is 20.7 Å². The lowest BCUT2D eigenvalue weighted by molar-refractivity contribution is 0.0849. The Bertz CT molecular complexity index is 878. The van der Waals surface area contributed by atoms with Crippen molar-refractivity contribution in [3.8, 4) is 10.6 Å². The molecule has 1 aliphatic carbocycles. The maximum Gasteiger partial charge on any atom is 0.290 e. The zero-order chi connectivity index (χ0) is 18.1. The minimum absolute atomic E-state index is 0.148. The van der Waals surface area contributed by atoms with Gasteiger partial charge in [-0.15, -0.1) is 21.5 Å². The first-order chi connectivity index (χ1) is 12.6. The van der Waals surface area contributed by atoms with E-state index >= 15 is 0 Å². The van der Waals surface area contributed by atoms with Crippen molar-refractivity contribution in [2.45, 2.75) is 45.1 Å². The highest BCUT2D eigenvalue weighted by atomic mass is 32.1. The summed E-state index contributed by atoms with van der Waals surface area (Å²) in [6.45, 7) is 4.05. The van der Waals surface area contributed by atoms with Crippen molar-refractivity contribution in [2.24, 2.45) is 5.92 Å². The average molecular weight is 372 g/mol. The van der Waals surface area contributed by atoms with Crippen LogP contribution in [0.15, 0.2) is 32.5 Å². The van der Waals surface area contributed by atoms with Crippen LogP contribution in [0.4, 0.5) is 0 Å². The highest BCUT2D eigenvalue weighted by Gasteiger charge is 2.32. The second kappa shape index (κ2) is 7.03. The molecule has 0 saturated heterocycles. The summed E-state index contributed by atoms with van der Waals surface area (Å²) >= 11 is 1.56. The van der Waals surface area contributed by atoms with Gasteiger partial charge in [0.1, 0.15) is 5.69 Å². The summed E-state index contributed by atoms with van der Waals surface area (Å²) < 4.78 is 10.8. The molecule has 1 amide bonds. The monoisotopic (exact) mass is 372 g/mol. The van der Waals surface area contributed by atoms with Gasteiger partial charge in [-0.25, -0.2) is 0 Å². The first-order valence-corrected chi connectivity index (χ1v) is 9.60. The molecule has 1 aliphatic rings. The van der Waals surface area contributed by atoms with Gasteiger partial charge in [0, 0.05) is 24.4 Å². The largest absolute Gasteiger partial charge is 0.425 e. The fourth-order valence-corrected chi connectivity index (χ4v) is 3.71. The van der Waals surface area contributed by atoms with E-state index < -0.39 is 0 Å². The van der Waals surface area contributed by atoms with Crippen LogP contribution in [0.1, 0.15) is 54.9 Å². The van der Waals surface area contributed by atoms with E-state index in [-0.39, 0.29) is 23.6 Å². The molecule has 0 spiro atoms. The third kappa shape index (κ3) is 3.55. The second-order valence-electron chi connectivity index (χ2n) is 6.95. The molecule has 136 valence electrons. The molecular formula is C18H20N4O3S. The number of rotatable bonds is 6. The van der Waals surface area contributed by atoms with Gasteiger partial charge >= 0.3 is 0 Å². The minimum Gasteiger partial charge on any atom is -0.425 e. The van der Waals surface area contributed by atoms with E-state index in [1.165, 1.54) is 0 Å². The second-order valence-corrected chi connectivity index (χ2v) is 7.90. The van der Waals surface area contributed by atoms with Gasteiger partial charge in [0.2, 0.25) is 17.5 Å². The lowest BCUT2D eigenvalue weighted by atomic mass is 9.78. The van der Waals surface area contributed by atoms with Gasteiger partial charge in [-0.05, 0) is 30.2 Å². The fourth-order valence-electron chi connectivity index (χ4n) is 3.03. The Morgan fingerprint density at radius 2 is 2.23 bits per heavy atom. The molecule has 0 unspecified atom stereocenters. The van der Waals surface area contributed by atoms with Crippen LogP contribution in [0, 0.1) is 5.92 Å². The lowest BCUT2D eigenvalue weighted by Crippen LogP contribution is -2.44. The van der Waals surface area contributed by atoms with Crippen LogP contribution in [0.2, 0.25) is 0 Å². The summed E-state index contributed by atoms with van der Waals surface area (Å²) in [6.07, 6.45) is 2.56.